The fourth-order valence-corrected chi connectivity index (χ4v) is 7.14. The first-order valence-corrected chi connectivity index (χ1v) is 24.0. The first kappa shape index (κ1) is 50.3. The molecular formula is C42H73N3O10SSi. The van der Waals surface area contributed by atoms with E-state index in [2.05, 4.69) is 49.8 Å². The number of alkyl carbamates (subject to hydrolysis) is 1. The van der Waals surface area contributed by atoms with Gasteiger partial charge in [0.05, 0.1) is 6.42 Å². The molecule has 0 aromatic heterocycles. The molecule has 0 saturated heterocycles. The van der Waals surface area contributed by atoms with Gasteiger partial charge in [0.1, 0.15) is 23.3 Å². The second-order valence-electron chi connectivity index (χ2n) is 19.4. The maximum atomic E-state index is 14.1. The molecule has 1 aliphatic rings. The van der Waals surface area contributed by atoms with Crippen molar-refractivity contribution in [2.45, 2.75) is 163 Å². The van der Waals surface area contributed by atoms with Crippen molar-refractivity contribution in [3.05, 3.63) is 23.8 Å². The van der Waals surface area contributed by atoms with Gasteiger partial charge in [0.15, 0.2) is 24.9 Å². The van der Waals surface area contributed by atoms with Crippen molar-refractivity contribution < 1.29 is 47.3 Å². The van der Waals surface area contributed by atoms with Crippen LogP contribution in [0.1, 0.15) is 115 Å². The van der Waals surface area contributed by atoms with Gasteiger partial charge >= 0.3 is 18.0 Å². The van der Waals surface area contributed by atoms with Crippen molar-refractivity contribution in [2.24, 2.45) is 5.41 Å². The minimum Gasteiger partial charge on any atom is -0.460 e. The van der Waals surface area contributed by atoms with Crippen molar-refractivity contribution in [2.75, 3.05) is 38.5 Å². The summed E-state index contributed by atoms with van der Waals surface area (Å²) in [6.45, 7) is 32.1. The summed E-state index contributed by atoms with van der Waals surface area (Å²) in [7, 11) is -2.13. The van der Waals surface area contributed by atoms with Crippen LogP contribution in [0, 0.1) is 5.41 Å². The zero-order chi connectivity index (χ0) is 43.5. The summed E-state index contributed by atoms with van der Waals surface area (Å²) in [5.41, 5.74) is -1.18. The van der Waals surface area contributed by atoms with Gasteiger partial charge in [0, 0.05) is 57.6 Å². The van der Waals surface area contributed by atoms with E-state index in [4.69, 9.17) is 28.1 Å². The Morgan fingerprint density at radius 1 is 0.825 bits per heavy atom. The molecule has 326 valence electrons. The fourth-order valence-electron chi connectivity index (χ4n) is 5.25. The Morgan fingerprint density at radius 3 is 2.05 bits per heavy atom. The Bertz CT molecular complexity index is 1500. The van der Waals surface area contributed by atoms with Crippen LogP contribution in [0.5, 0.6) is 11.5 Å². The van der Waals surface area contributed by atoms with Crippen LogP contribution in [-0.4, -0.2) is 99.1 Å². The van der Waals surface area contributed by atoms with Crippen LogP contribution in [0.2, 0.25) is 18.1 Å². The van der Waals surface area contributed by atoms with Gasteiger partial charge < -0.3 is 44.1 Å². The van der Waals surface area contributed by atoms with E-state index in [1.807, 2.05) is 39.8 Å². The van der Waals surface area contributed by atoms with Crippen LogP contribution in [-0.2, 0) is 39.4 Å². The molecule has 1 amide bonds. The van der Waals surface area contributed by atoms with Crippen molar-refractivity contribution in [1.82, 2.24) is 16.0 Å². The highest BCUT2D eigenvalue weighted by Crippen LogP contribution is 2.40. The summed E-state index contributed by atoms with van der Waals surface area (Å²) >= 11 is 1.21. The predicted octanol–water partition coefficient (Wildman–Crippen LogP) is 7.54. The number of fused-ring (bicyclic) bond motifs is 1. The van der Waals surface area contributed by atoms with Gasteiger partial charge in [-0.15, -0.1) is 0 Å². The van der Waals surface area contributed by atoms with Crippen molar-refractivity contribution in [3.63, 3.8) is 0 Å². The minimum atomic E-state index is -2.13. The first-order valence-electron chi connectivity index (χ1n) is 20.1. The van der Waals surface area contributed by atoms with Crippen molar-refractivity contribution >= 4 is 43.2 Å². The Kier molecular flexibility index (Phi) is 18.4. The number of hydrogen-bond acceptors (Lipinski definition) is 13. The normalized spacial score (nSPS) is 15.4. The number of benzene rings is 1. The molecule has 0 bridgehead atoms. The van der Waals surface area contributed by atoms with Crippen LogP contribution in [0.3, 0.4) is 0 Å². The third kappa shape index (κ3) is 19.2. The van der Waals surface area contributed by atoms with Crippen LogP contribution in [0.15, 0.2) is 18.2 Å². The average molecular weight is 840 g/mol. The number of carbonyl (C=O) groups excluding carboxylic acids is 4. The third-order valence-corrected chi connectivity index (χ3v) is 14.8. The highest BCUT2D eigenvalue weighted by molar-refractivity contribution is 8.13. The lowest BCUT2D eigenvalue weighted by molar-refractivity contribution is -0.159. The molecule has 0 fully saturated rings. The topological polar surface area (TPSA) is 160 Å². The fraction of sp³-hybridized carbons (Fsp3) is 0.762. The lowest BCUT2D eigenvalue weighted by Gasteiger charge is -2.41. The average Bonchev–Trinajstić information content (AvgIpc) is 3.35. The van der Waals surface area contributed by atoms with Gasteiger partial charge in [-0.25, -0.2) is 9.59 Å². The van der Waals surface area contributed by atoms with Gasteiger partial charge in [0.2, 0.25) is 5.79 Å². The summed E-state index contributed by atoms with van der Waals surface area (Å²) in [5.74, 6) is -0.00456. The van der Waals surface area contributed by atoms with E-state index in [0.717, 1.165) is 18.5 Å². The van der Waals surface area contributed by atoms with Gasteiger partial charge in [-0.05, 0) is 96.9 Å². The van der Waals surface area contributed by atoms with E-state index in [9.17, 15) is 19.2 Å². The number of hydrogen-bond donors (Lipinski definition) is 3. The van der Waals surface area contributed by atoms with E-state index in [-0.39, 0.29) is 35.4 Å². The SMILES string of the molecule is CC(C)(C)OC(=O)CCC(=O)SCCNCCCNC[C@H](OC(=O)[C@H](Cc1ccc2c(c1)OC(C)(C)O2)NC(=O)OC(C)(C)C)C(C)(C)CO[Si](C)(C)C(C)(C)C. The van der Waals surface area contributed by atoms with E-state index in [1.165, 1.54) is 11.8 Å². The van der Waals surface area contributed by atoms with Gasteiger partial charge in [-0.3, -0.25) is 9.59 Å². The highest BCUT2D eigenvalue weighted by atomic mass is 32.2. The quantitative estimate of drug-likeness (QED) is 0.0483. The lowest BCUT2D eigenvalue weighted by atomic mass is 9.87. The smallest absolute Gasteiger partial charge is 0.408 e. The van der Waals surface area contributed by atoms with Gasteiger partial charge in [-0.1, -0.05) is 52.4 Å². The lowest BCUT2D eigenvalue weighted by Crippen LogP contribution is -2.52. The molecular weight excluding hydrogens is 767 g/mol. The Morgan fingerprint density at radius 2 is 1.44 bits per heavy atom. The molecule has 0 radical (unpaired) electrons. The highest BCUT2D eigenvalue weighted by Gasteiger charge is 2.42. The van der Waals surface area contributed by atoms with Gasteiger partial charge in [-0.2, -0.15) is 0 Å². The molecule has 0 saturated carbocycles. The molecule has 0 aliphatic carbocycles. The number of amides is 1. The molecule has 13 nitrogen and oxygen atoms in total. The van der Waals surface area contributed by atoms with E-state index < -0.39 is 54.9 Å². The number of rotatable bonds is 21. The summed E-state index contributed by atoms with van der Waals surface area (Å²) in [6, 6.07) is 4.40. The molecule has 1 aromatic rings. The number of esters is 2. The number of nitrogens with one attached hydrogen (secondary N) is 3. The minimum absolute atomic E-state index is 0.00531. The van der Waals surface area contributed by atoms with Crippen molar-refractivity contribution in [1.29, 1.82) is 0 Å². The number of carbonyl (C=O) groups is 4. The molecule has 15 heteroatoms. The second-order valence-corrected chi connectivity index (χ2v) is 25.3. The standard InChI is InChI=1S/C42H73N3O10SSi/c1-38(2,3)54-34(46)19-20-35(47)56-24-23-43-21-16-22-44-27-33(41(10,11)28-50-57(14,15)40(7,8)9)51-36(48)30(45-37(49)55-39(4,5)6)25-29-17-18-31-32(26-29)53-42(12,13)52-31/h17-18,26,30,33,43-44H,16,19-25,27-28H2,1-15H3,(H,45,49)/t30-,33-/m0/s1. The van der Waals surface area contributed by atoms with E-state index in [0.29, 0.717) is 43.5 Å². The summed E-state index contributed by atoms with van der Waals surface area (Å²) in [6.07, 6.45) is -0.167. The summed E-state index contributed by atoms with van der Waals surface area (Å²) in [5, 5.41) is 9.55. The maximum absolute atomic E-state index is 14.1. The summed E-state index contributed by atoms with van der Waals surface area (Å²) < 4.78 is 35.6. The largest absolute Gasteiger partial charge is 0.460 e. The Hall–Kier alpha value is -2.85. The molecule has 3 N–H and O–H groups in total. The zero-order valence-electron chi connectivity index (χ0n) is 37.4. The molecule has 0 unspecified atom stereocenters. The molecule has 0 spiro atoms. The monoisotopic (exact) mass is 839 g/mol. The second kappa shape index (κ2) is 20.9. The molecule has 1 aliphatic heterocycles. The maximum Gasteiger partial charge on any atom is 0.408 e. The van der Waals surface area contributed by atoms with Crippen LogP contribution >= 0.6 is 11.8 Å². The molecule has 57 heavy (non-hydrogen) atoms. The number of thioether (sulfide) groups is 1. The van der Waals surface area contributed by atoms with E-state index in [1.54, 1.807) is 47.6 Å². The summed E-state index contributed by atoms with van der Waals surface area (Å²) in [4.78, 5) is 51.3. The Balaban J connectivity index is 2.08. The number of ether oxygens (including phenoxy) is 5. The van der Waals surface area contributed by atoms with Gasteiger partial charge in [0.25, 0.3) is 0 Å². The van der Waals surface area contributed by atoms with E-state index >= 15 is 0 Å². The van der Waals surface area contributed by atoms with Crippen LogP contribution < -0.4 is 25.4 Å². The molecule has 2 rings (SSSR count). The van der Waals surface area contributed by atoms with Crippen LogP contribution in [0.4, 0.5) is 4.79 Å². The molecule has 1 heterocycles. The zero-order valence-corrected chi connectivity index (χ0v) is 39.3. The molecule has 2 atom stereocenters. The molecule has 1 aromatic carbocycles. The van der Waals surface area contributed by atoms with Crippen LogP contribution in [0.25, 0.3) is 0 Å². The third-order valence-electron chi connectivity index (χ3n) is 9.41. The predicted molar refractivity (Wildman–Crippen MR) is 228 cm³/mol. The Labute approximate surface area is 347 Å². The first-order chi connectivity index (χ1) is 26.0. The van der Waals surface area contributed by atoms with Crippen molar-refractivity contribution in [3.8, 4) is 11.5 Å².